The van der Waals surface area contributed by atoms with Gasteiger partial charge in [-0.1, -0.05) is 0 Å². The van der Waals surface area contributed by atoms with Crippen LogP contribution in [0.5, 0.6) is 5.75 Å². The largest absolute Gasteiger partial charge is 0.508 e. The van der Waals surface area contributed by atoms with Crippen molar-refractivity contribution in [2.45, 2.75) is 13.8 Å². The number of carbonyl (C=O) groups is 1. The van der Waals surface area contributed by atoms with Crippen LogP contribution in [-0.2, 0) is 14.3 Å². The van der Waals surface area contributed by atoms with Crippen molar-refractivity contribution in [2.24, 2.45) is 0 Å². The van der Waals surface area contributed by atoms with Gasteiger partial charge in [0.2, 0.25) is 0 Å². The SMILES string of the molecule is CC(=O)OCC1=CC(C)=C(c2cc3ccc(O)cc3o2)OC1. The number of fused-ring (bicyclic) bond motifs is 1. The summed E-state index contributed by atoms with van der Waals surface area (Å²) in [5, 5.41) is 10.4. The minimum Gasteiger partial charge on any atom is -0.508 e. The van der Waals surface area contributed by atoms with E-state index in [1.165, 1.54) is 6.92 Å². The molecule has 0 saturated carbocycles. The molecule has 0 saturated heterocycles. The second-order valence-corrected chi connectivity index (χ2v) is 5.22. The summed E-state index contributed by atoms with van der Waals surface area (Å²) in [6, 6.07) is 6.85. The lowest BCUT2D eigenvalue weighted by molar-refractivity contribution is -0.140. The van der Waals surface area contributed by atoms with Gasteiger partial charge in [0, 0.05) is 23.9 Å². The van der Waals surface area contributed by atoms with Gasteiger partial charge in [0.25, 0.3) is 0 Å². The highest BCUT2D eigenvalue weighted by molar-refractivity contribution is 5.83. The van der Waals surface area contributed by atoms with Crippen molar-refractivity contribution in [2.75, 3.05) is 13.2 Å². The van der Waals surface area contributed by atoms with E-state index in [1.807, 2.05) is 19.1 Å². The molecule has 0 atom stereocenters. The molecule has 0 radical (unpaired) electrons. The molecule has 1 aromatic carbocycles. The molecule has 1 N–H and O–H groups in total. The Morgan fingerprint density at radius 3 is 2.91 bits per heavy atom. The molecule has 2 heterocycles. The van der Waals surface area contributed by atoms with Crippen molar-refractivity contribution in [3.63, 3.8) is 0 Å². The second kappa shape index (κ2) is 5.60. The van der Waals surface area contributed by atoms with Crippen LogP contribution in [0.15, 0.2) is 45.9 Å². The van der Waals surface area contributed by atoms with Crippen LogP contribution in [0.4, 0.5) is 0 Å². The van der Waals surface area contributed by atoms with Crippen molar-refractivity contribution in [3.05, 3.63) is 47.2 Å². The predicted molar refractivity (Wildman–Crippen MR) is 81.1 cm³/mol. The first-order chi connectivity index (χ1) is 10.5. The molecule has 1 aliphatic rings. The number of hydrogen-bond acceptors (Lipinski definition) is 5. The number of carbonyl (C=O) groups excluding carboxylic acids is 1. The van der Waals surface area contributed by atoms with Gasteiger partial charge in [-0.15, -0.1) is 0 Å². The summed E-state index contributed by atoms with van der Waals surface area (Å²) in [5.41, 5.74) is 2.40. The van der Waals surface area contributed by atoms with Crippen LogP contribution in [0.25, 0.3) is 16.7 Å². The first kappa shape index (κ1) is 14.3. The minimum atomic E-state index is -0.314. The number of phenolic OH excluding ortho intramolecular Hbond substituents is 1. The molecular weight excluding hydrogens is 284 g/mol. The van der Waals surface area contributed by atoms with Gasteiger partial charge in [-0.3, -0.25) is 4.79 Å². The average molecular weight is 300 g/mol. The summed E-state index contributed by atoms with van der Waals surface area (Å²) in [7, 11) is 0. The van der Waals surface area contributed by atoms with Crippen LogP contribution in [0, 0.1) is 0 Å². The fraction of sp³-hybridized carbons (Fsp3) is 0.235. The fourth-order valence-corrected chi connectivity index (χ4v) is 2.37. The van der Waals surface area contributed by atoms with E-state index < -0.39 is 0 Å². The van der Waals surface area contributed by atoms with E-state index >= 15 is 0 Å². The van der Waals surface area contributed by atoms with Gasteiger partial charge >= 0.3 is 5.97 Å². The fourth-order valence-electron chi connectivity index (χ4n) is 2.37. The third kappa shape index (κ3) is 2.83. The van der Waals surface area contributed by atoms with Gasteiger partial charge in [-0.05, 0) is 36.8 Å². The highest BCUT2D eigenvalue weighted by Crippen LogP contribution is 2.32. The topological polar surface area (TPSA) is 68.9 Å². The number of furan rings is 1. The maximum atomic E-state index is 10.8. The van der Waals surface area contributed by atoms with Crippen molar-refractivity contribution in [1.82, 2.24) is 0 Å². The zero-order chi connectivity index (χ0) is 15.7. The van der Waals surface area contributed by atoms with E-state index in [1.54, 1.807) is 18.2 Å². The summed E-state index contributed by atoms with van der Waals surface area (Å²) < 4.78 is 16.5. The highest BCUT2D eigenvalue weighted by atomic mass is 16.5. The number of benzene rings is 1. The molecule has 1 aromatic heterocycles. The Kier molecular flexibility index (Phi) is 3.63. The number of hydrogen-bond donors (Lipinski definition) is 1. The summed E-state index contributed by atoms with van der Waals surface area (Å²) in [6.07, 6.45) is 1.94. The first-order valence-corrected chi connectivity index (χ1v) is 6.92. The Hall–Kier alpha value is -2.69. The van der Waals surface area contributed by atoms with E-state index in [0.717, 1.165) is 16.5 Å². The van der Waals surface area contributed by atoms with Crippen LogP contribution in [0.1, 0.15) is 19.6 Å². The van der Waals surface area contributed by atoms with E-state index in [4.69, 9.17) is 13.9 Å². The zero-order valence-electron chi connectivity index (χ0n) is 12.4. The maximum Gasteiger partial charge on any atom is 0.302 e. The Labute approximate surface area is 127 Å². The van der Waals surface area contributed by atoms with Gasteiger partial charge in [0.05, 0.1) is 0 Å². The molecule has 5 nitrogen and oxygen atoms in total. The number of phenols is 1. The van der Waals surface area contributed by atoms with Crippen LogP contribution in [0.3, 0.4) is 0 Å². The minimum absolute atomic E-state index is 0.159. The molecule has 2 aromatic rings. The number of ether oxygens (including phenoxy) is 2. The Morgan fingerprint density at radius 1 is 1.36 bits per heavy atom. The summed E-state index contributed by atoms with van der Waals surface area (Å²) in [4.78, 5) is 10.8. The molecule has 114 valence electrons. The van der Waals surface area contributed by atoms with Gasteiger partial charge in [-0.2, -0.15) is 0 Å². The maximum absolute atomic E-state index is 10.8. The van der Waals surface area contributed by atoms with Crippen LogP contribution in [0.2, 0.25) is 0 Å². The standard InChI is InChI=1S/C17H16O5/c1-10-5-12(8-20-11(2)18)9-21-17(10)16-6-13-3-4-14(19)7-15(13)22-16/h3-7,19H,8-9H2,1-2H3. The van der Waals surface area contributed by atoms with Gasteiger partial charge in [0.1, 0.15) is 24.5 Å². The molecule has 0 spiro atoms. The van der Waals surface area contributed by atoms with E-state index in [9.17, 15) is 9.90 Å². The van der Waals surface area contributed by atoms with Crippen LogP contribution >= 0.6 is 0 Å². The number of rotatable bonds is 3. The van der Waals surface area contributed by atoms with E-state index in [0.29, 0.717) is 23.7 Å². The first-order valence-electron chi connectivity index (χ1n) is 6.92. The molecular formula is C17H16O5. The number of esters is 1. The van der Waals surface area contributed by atoms with Crippen molar-refractivity contribution < 1.29 is 23.8 Å². The van der Waals surface area contributed by atoms with Crippen molar-refractivity contribution in [1.29, 1.82) is 0 Å². The normalized spacial score (nSPS) is 14.7. The van der Waals surface area contributed by atoms with Crippen molar-refractivity contribution in [3.8, 4) is 5.75 Å². The molecule has 1 aliphatic heterocycles. The molecule has 0 unspecified atom stereocenters. The predicted octanol–water partition coefficient (Wildman–Crippen LogP) is 3.39. The summed E-state index contributed by atoms with van der Waals surface area (Å²) in [6.45, 7) is 3.87. The molecule has 0 aliphatic carbocycles. The molecule has 22 heavy (non-hydrogen) atoms. The second-order valence-electron chi connectivity index (χ2n) is 5.22. The number of allylic oxidation sites excluding steroid dienone is 2. The Morgan fingerprint density at radius 2 is 2.18 bits per heavy atom. The molecule has 5 heteroatoms. The Bertz CT molecular complexity index is 794. The highest BCUT2D eigenvalue weighted by Gasteiger charge is 2.18. The Balaban J connectivity index is 1.89. The lowest BCUT2D eigenvalue weighted by atomic mass is 10.1. The van der Waals surface area contributed by atoms with Gasteiger partial charge in [-0.25, -0.2) is 0 Å². The lowest BCUT2D eigenvalue weighted by Crippen LogP contribution is -2.12. The van der Waals surface area contributed by atoms with Gasteiger partial charge < -0.3 is 19.0 Å². The lowest BCUT2D eigenvalue weighted by Gasteiger charge is -2.18. The average Bonchev–Trinajstić information content (AvgIpc) is 2.87. The van der Waals surface area contributed by atoms with Crippen molar-refractivity contribution >= 4 is 22.7 Å². The number of aromatic hydroxyl groups is 1. The van der Waals surface area contributed by atoms with E-state index in [-0.39, 0.29) is 18.3 Å². The molecule has 3 rings (SSSR count). The summed E-state index contributed by atoms with van der Waals surface area (Å²) >= 11 is 0. The van der Waals surface area contributed by atoms with E-state index in [2.05, 4.69) is 0 Å². The van der Waals surface area contributed by atoms with Crippen LogP contribution in [-0.4, -0.2) is 24.3 Å². The summed E-state index contributed by atoms with van der Waals surface area (Å²) in [5.74, 6) is 1.11. The molecule has 0 bridgehead atoms. The zero-order valence-corrected chi connectivity index (χ0v) is 12.4. The molecule has 0 fully saturated rings. The third-order valence-corrected chi connectivity index (χ3v) is 3.37. The third-order valence-electron chi connectivity index (χ3n) is 3.37. The monoisotopic (exact) mass is 300 g/mol. The molecule has 0 amide bonds. The van der Waals surface area contributed by atoms with Crippen LogP contribution < -0.4 is 0 Å². The quantitative estimate of drug-likeness (QED) is 0.880. The van der Waals surface area contributed by atoms with Gasteiger partial charge in [0.15, 0.2) is 11.5 Å². The smallest absolute Gasteiger partial charge is 0.302 e.